The van der Waals surface area contributed by atoms with Crippen molar-refractivity contribution in [1.29, 1.82) is 0 Å². The van der Waals surface area contributed by atoms with E-state index in [0.29, 0.717) is 12.2 Å². The monoisotopic (exact) mass is 327 g/mol. The minimum Gasteiger partial charge on any atom is -0.494 e. The van der Waals surface area contributed by atoms with Gasteiger partial charge in [-0.25, -0.2) is 5.43 Å². The number of nitrogens with one attached hydrogen (secondary N) is 1. The van der Waals surface area contributed by atoms with Gasteiger partial charge in [0.15, 0.2) is 0 Å². The highest BCUT2D eigenvalue weighted by Gasteiger charge is 2.06. The average Bonchev–Trinajstić information content (AvgIpc) is 2.57. The van der Waals surface area contributed by atoms with Crippen LogP contribution in [-0.4, -0.2) is 23.7 Å². The van der Waals surface area contributed by atoms with Crippen LogP contribution in [0.4, 0.5) is 5.69 Å². The van der Waals surface area contributed by atoms with Crippen LogP contribution in [0.5, 0.6) is 5.75 Å². The number of rotatable bonds is 7. The van der Waals surface area contributed by atoms with Gasteiger partial charge in [-0.1, -0.05) is 12.1 Å². The van der Waals surface area contributed by atoms with E-state index in [1.165, 1.54) is 18.3 Å². The summed E-state index contributed by atoms with van der Waals surface area (Å²) in [6.07, 6.45) is 1.63. The zero-order chi connectivity index (χ0) is 17.4. The molecule has 0 fully saturated rings. The third-order valence-corrected chi connectivity index (χ3v) is 3.11. The van der Waals surface area contributed by atoms with E-state index in [1.807, 2.05) is 31.2 Å². The van der Waals surface area contributed by atoms with Crippen molar-refractivity contribution in [3.63, 3.8) is 0 Å². The van der Waals surface area contributed by atoms with Crippen molar-refractivity contribution in [2.45, 2.75) is 13.3 Å². The van der Waals surface area contributed by atoms with Crippen molar-refractivity contribution in [2.24, 2.45) is 5.10 Å². The number of hydrazone groups is 1. The summed E-state index contributed by atoms with van der Waals surface area (Å²) >= 11 is 0. The van der Waals surface area contributed by atoms with E-state index in [9.17, 15) is 14.9 Å². The molecular formula is C17H17N3O4. The Hall–Kier alpha value is -3.22. The fourth-order valence-corrected chi connectivity index (χ4v) is 1.96. The van der Waals surface area contributed by atoms with Gasteiger partial charge < -0.3 is 4.74 Å². The first-order valence-corrected chi connectivity index (χ1v) is 7.36. The molecule has 0 radical (unpaired) electrons. The maximum atomic E-state index is 11.8. The normalized spacial score (nSPS) is 10.5. The first-order chi connectivity index (χ1) is 11.6. The largest absolute Gasteiger partial charge is 0.494 e. The quantitative estimate of drug-likeness (QED) is 0.480. The number of carbonyl (C=O) groups excluding carboxylic acids is 1. The lowest BCUT2D eigenvalue weighted by molar-refractivity contribution is -0.384. The van der Waals surface area contributed by atoms with E-state index < -0.39 is 4.92 Å². The second kappa shape index (κ2) is 8.42. The molecule has 0 aromatic heterocycles. The lowest BCUT2D eigenvalue weighted by Gasteiger charge is -2.02. The fraction of sp³-hybridized carbons (Fsp3) is 0.176. The summed E-state index contributed by atoms with van der Waals surface area (Å²) in [5.41, 5.74) is 3.92. The molecule has 2 aromatic rings. The van der Waals surface area contributed by atoms with E-state index in [4.69, 9.17) is 4.74 Å². The van der Waals surface area contributed by atoms with Gasteiger partial charge in [-0.3, -0.25) is 14.9 Å². The van der Waals surface area contributed by atoms with E-state index in [1.54, 1.807) is 12.1 Å². The zero-order valence-electron chi connectivity index (χ0n) is 13.1. The minimum absolute atomic E-state index is 0.00678. The third-order valence-electron chi connectivity index (χ3n) is 3.11. The number of ether oxygens (including phenoxy) is 1. The Labute approximate surface area is 139 Å². The van der Waals surface area contributed by atoms with Crippen molar-refractivity contribution >= 4 is 17.8 Å². The van der Waals surface area contributed by atoms with Crippen molar-refractivity contribution < 1.29 is 14.5 Å². The Kier molecular flexibility index (Phi) is 6.01. The van der Waals surface area contributed by atoms with Crippen LogP contribution in [0.3, 0.4) is 0 Å². The van der Waals surface area contributed by atoms with E-state index in [0.717, 1.165) is 11.3 Å². The molecule has 0 aliphatic rings. The number of non-ortho nitro benzene ring substituents is 1. The van der Waals surface area contributed by atoms with Crippen molar-refractivity contribution in [3.8, 4) is 5.75 Å². The van der Waals surface area contributed by atoms with Gasteiger partial charge in [0.1, 0.15) is 5.75 Å². The molecule has 124 valence electrons. The molecule has 0 aliphatic carbocycles. The van der Waals surface area contributed by atoms with Gasteiger partial charge in [-0.15, -0.1) is 0 Å². The highest BCUT2D eigenvalue weighted by molar-refractivity contribution is 5.83. The smallest absolute Gasteiger partial charge is 0.269 e. The second-order valence-corrected chi connectivity index (χ2v) is 4.90. The highest BCUT2D eigenvalue weighted by Crippen LogP contribution is 2.12. The van der Waals surface area contributed by atoms with E-state index in [2.05, 4.69) is 10.5 Å². The lowest BCUT2D eigenvalue weighted by Crippen LogP contribution is -2.19. The van der Waals surface area contributed by atoms with Gasteiger partial charge in [0, 0.05) is 12.1 Å². The lowest BCUT2D eigenvalue weighted by atomic mass is 10.1. The van der Waals surface area contributed by atoms with Gasteiger partial charge in [0.2, 0.25) is 5.91 Å². The van der Waals surface area contributed by atoms with Crippen LogP contribution in [-0.2, 0) is 11.2 Å². The highest BCUT2D eigenvalue weighted by atomic mass is 16.6. The first-order valence-electron chi connectivity index (χ1n) is 7.36. The number of carbonyl (C=O) groups is 1. The van der Waals surface area contributed by atoms with Crippen LogP contribution in [0.25, 0.3) is 0 Å². The van der Waals surface area contributed by atoms with Crippen molar-refractivity contribution in [1.82, 2.24) is 5.43 Å². The summed E-state index contributed by atoms with van der Waals surface area (Å²) in [7, 11) is 0. The number of amides is 1. The molecule has 24 heavy (non-hydrogen) atoms. The minimum atomic E-state index is -0.481. The number of nitro groups is 1. The van der Waals surface area contributed by atoms with Crippen molar-refractivity contribution in [3.05, 3.63) is 69.8 Å². The molecule has 0 atom stereocenters. The molecular weight excluding hydrogens is 310 g/mol. The third kappa shape index (κ3) is 5.20. The molecule has 7 nitrogen and oxygen atoms in total. The molecule has 2 aromatic carbocycles. The summed E-state index contributed by atoms with van der Waals surface area (Å²) in [5.74, 6) is 0.475. The molecule has 7 heteroatoms. The van der Waals surface area contributed by atoms with Crippen LogP contribution in [0.1, 0.15) is 18.1 Å². The molecule has 0 bridgehead atoms. The summed E-state index contributed by atoms with van der Waals surface area (Å²) in [4.78, 5) is 21.9. The molecule has 0 aliphatic heterocycles. The SMILES string of the molecule is CCOc1ccc(/C=N\NC(=O)Cc2ccc([N+](=O)[O-])cc2)cc1. The van der Waals surface area contributed by atoms with E-state index >= 15 is 0 Å². The Morgan fingerprint density at radius 1 is 1.21 bits per heavy atom. The van der Waals surface area contributed by atoms with Gasteiger partial charge in [0.05, 0.1) is 24.2 Å². The molecule has 1 N–H and O–H groups in total. The summed E-state index contributed by atoms with van der Waals surface area (Å²) in [6.45, 7) is 2.52. The van der Waals surface area contributed by atoms with Crippen LogP contribution in [0, 0.1) is 10.1 Å². The van der Waals surface area contributed by atoms with Crippen LogP contribution in [0.15, 0.2) is 53.6 Å². The maximum Gasteiger partial charge on any atom is 0.269 e. The summed E-state index contributed by atoms with van der Waals surface area (Å²) < 4.78 is 5.34. The Balaban J connectivity index is 1.84. The predicted molar refractivity (Wildman–Crippen MR) is 90.1 cm³/mol. The number of nitro benzene ring substituents is 1. The Bertz CT molecular complexity index is 725. The van der Waals surface area contributed by atoms with Crippen LogP contribution >= 0.6 is 0 Å². The number of nitrogens with zero attached hydrogens (tertiary/aromatic N) is 2. The Morgan fingerprint density at radius 3 is 2.46 bits per heavy atom. The maximum absolute atomic E-state index is 11.8. The van der Waals surface area contributed by atoms with Crippen molar-refractivity contribution in [2.75, 3.05) is 6.61 Å². The standard InChI is InChI=1S/C17H17N3O4/c1-2-24-16-9-5-14(6-10-16)12-18-19-17(21)11-13-3-7-15(8-4-13)20(22)23/h3-10,12H,2,11H2,1H3,(H,19,21)/b18-12-. The molecule has 0 spiro atoms. The van der Waals surface area contributed by atoms with Gasteiger partial charge in [0.25, 0.3) is 5.69 Å². The molecule has 0 heterocycles. The Morgan fingerprint density at radius 2 is 1.88 bits per heavy atom. The molecule has 0 unspecified atom stereocenters. The average molecular weight is 327 g/mol. The molecule has 0 saturated carbocycles. The van der Waals surface area contributed by atoms with Crippen LogP contribution in [0.2, 0.25) is 0 Å². The topological polar surface area (TPSA) is 93.8 Å². The molecule has 1 amide bonds. The number of benzene rings is 2. The first kappa shape index (κ1) is 17.1. The van der Waals surface area contributed by atoms with Gasteiger partial charge in [-0.05, 0) is 42.3 Å². The van der Waals surface area contributed by atoms with Crippen LogP contribution < -0.4 is 10.2 Å². The molecule has 2 rings (SSSR count). The molecule has 0 saturated heterocycles. The zero-order valence-corrected chi connectivity index (χ0v) is 13.1. The number of hydrogen-bond donors (Lipinski definition) is 1. The fourth-order valence-electron chi connectivity index (χ4n) is 1.96. The van der Waals surface area contributed by atoms with Gasteiger partial charge in [-0.2, -0.15) is 5.10 Å². The number of hydrogen-bond acceptors (Lipinski definition) is 5. The predicted octanol–water partition coefficient (Wildman–Crippen LogP) is 2.69. The summed E-state index contributed by atoms with van der Waals surface area (Å²) in [5, 5.41) is 14.5. The second-order valence-electron chi connectivity index (χ2n) is 4.90. The van der Waals surface area contributed by atoms with E-state index in [-0.39, 0.29) is 18.0 Å². The van der Waals surface area contributed by atoms with Gasteiger partial charge >= 0.3 is 0 Å². The summed E-state index contributed by atoms with van der Waals surface area (Å²) in [6, 6.07) is 13.1.